The zero-order valence-electron chi connectivity index (χ0n) is 18.4. The van der Waals surface area contributed by atoms with Gasteiger partial charge in [0.05, 0.1) is 15.5 Å². The quantitative estimate of drug-likeness (QED) is 0.290. The minimum absolute atomic E-state index is 0.0890. The summed E-state index contributed by atoms with van der Waals surface area (Å²) < 4.78 is 56.4. The highest BCUT2D eigenvalue weighted by Crippen LogP contribution is 2.50. The molecule has 0 N–H and O–H groups in total. The van der Waals surface area contributed by atoms with Crippen molar-refractivity contribution in [2.75, 3.05) is 3.71 Å². The van der Waals surface area contributed by atoms with Crippen molar-refractivity contribution >= 4 is 36.5 Å². The van der Waals surface area contributed by atoms with Crippen molar-refractivity contribution < 1.29 is 16.8 Å². The van der Waals surface area contributed by atoms with Gasteiger partial charge in [0.15, 0.2) is 0 Å². The van der Waals surface area contributed by atoms with Crippen LogP contribution in [0.25, 0.3) is 33.0 Å². The average Bonchev–Trinajstić information content (AvgIpc) is 3.22. The molecule has 5 aromatic carbocycles. The van der Waals surface area contributed by atoms with Crippen molar-refractivity contribution in [2.45, 2.75) is 9.79 Å². The maximum atomic E-state index is 13.9. The summed E-state index contributed by atoms with van der Waals surface area (Å²) in [7, 11) is -8.96. The molecule has 0 heterocycles. The van der Waals surface area contributed by atoms with E-state index in [2.05, 4.69) is 0 Å². The van der Waals surface area contributed by atoms with Crippen molar-refractivity contribution in [3.8, 4) is 22.3 Å². The van der Waals surface area contributed by atoms with Gasteiger partial charge in [-0.2, -0.15) is 3.71 Å². The Balaban J connectivity index is 1.69. The highest BCUT2D eigenvalue weighted by molar-refractivity contribution is 8.10. The van der Waals surface area contributed by atoms with Crippen LogP contribution in [0.4, 0.5) is 5.69 Å². The second kappa shape index (κ2) is 7.80. The van der Waals surface area contributed by atoms with Gasteiger partial charge in [0.25, 0.3) is 20.0 Å². The molecule has 1 aliphatic rings. The summed E-state index contributed by atoms with van der Waals surface area (Å²) in [5.74, 6) is 0. The number of rotatable bonds is 5. The van der Waals surface area contributed by atoms with Gasteiger partial charge in [-0.25, -0.2) is 16.8 Å². The Bertz CT molecular complexity index is 1720. The number of sulfonamides is 2. The van der Waals surface area contributed by atoms with Gasteiger partial charge in [0, 0.05) is 5.39 Å². The standard InChI is InChI=1S/C28H19NO4S2/c30-34(31,20-10-3-1-4-11-20)29(35(32,33)21-12-5-2-6-13-21)27-19-18-25-23-15-8-7-14-22(23)24-16-9-17-26(27)28(24)25/h1-19H. The summed E-state index contributed by atoms with van der Waals surface area (Å²) in [6.45, 7) is 0. The lowest BCUT2D eigenvalue weighted by molar-refractivity contribution is 0.584. The summed E-state index contributed by atoms with van der Waals surface area (Å²) in [6, 6.07) is 32.2. The van der Waals surface area contributed by atoms with E-state index in [4.69, 9.17) is 0 Å². The Kier molecular flexibility index (Phi) is 4.81. The first kappa shape index (κ1) is 21.6. The minimum atomic E-state index is -4.48. The number of fused-ring (bicyclic) bond motifs is 3. The summed E-state index contributed by atoms with van der Waals surface area (Å²) in [6.07, 6.45) is 0. The molecule has 6 rings (SSSR count). The fraction of sp³-hybridized carbons (Fsp3) is 0. The number of anilines is 1. The first-order chi connectivity index (χ1) is 16.9. The van der Waals surface area contributed by atoms with E-state index in [0.717, 1.165) is 27.6 Å². The van der Waals surface area contributed by atoms with E-state index in [1.807, 2.05) is 36.4 Å². The predicted octanol–water partition coefficient (Wildman–Crippen LogP) is 6.07. The molecule has 5 nitrogen and oxygen atoms in total. The fourth-order valence-electron chi connectivity index (χ4n) is 4.72. The third-order valence-corrected chi connectivity index (χ3v) is 10.4. The molecule has 0 spiro atoms. The second-order valence-electron chi connectivity index (χ2n) is 8.24. The topological polar surface area (TPSA) is 71.5 Å². The number of hydrogen-bond acceptors (Lipinski definition) is 4. The first-order valence-corrected chi connectivity index (χ1v) is 13.8. The number of nitrogens with zero attached hydrogens (tertiary/aromatic N) is 1. The molecule has 0 saturated carbocycles. The molecule has 172 valence electrons. The normalized spacial score (nSPS) is 12.5. The summed E-state index contributed by atoms with van der Waals surface area (Å²) in [5.41, 5.74) is 4.06. The molecule has 1 aliphatic carbocycles. The molecular weight excluding hydrogens is 478 g/mol. The minimum Gasteiger partial charge on any atom is -0.200 e. The molecule has 0 aliphatic heterocycles. The van der Waals surface area contributed by atoms with Gasteiger partial charge < -0.3 is 0 Å². The Labute approximate surface area is 204 Å². The summed E-state index contributed by atoms with van der Waals surface area (Å²) in [5, 5.41) is 1.39. The van der Waals surface area contributed by atoms with E-state index < -0.39 is 20.0 Å². The second-order valence-corrected chi connectivity index (χ2v) is 12.0. The van der Waals surface area contributed by atoms with Crippen LogP contribution in [0, 0.1) is 0 Å². The smallest absolute Gasteiger partial charge is 0.200 e. The van der Waals surface area contributed by atoms with E-state index in [-0.39, 0.29) is 15.5 Å². The molecule has 0 radical (unpaired) electrons. The van der Waals surface area contributed by atoms with Crippen LogP contribution in [0.5, 0.6) is 0 Å². The van der Waals surface area contributed by atoms with Gasteiger partial charge in [-0.15, -0.1) is 0 Å². The maximum absolute atomic E-state index is 13.9. The van der Waals surface area contributed by atoms with Crippen LogP contribution in [0.3, 0.4) is 0 Å². The summed E-state index contributed by atoms with van der Waals surface area (Å²) >= 11 is 0. The van der Waals surface area contributed by atoms with E-state index >= 15 is 0 Å². The average molecular weight is 498 g/mol. The largest absolute Gasteiger partial charge is 0.277 e. The highest BCUT2D eigenvalue weighted by Gasteiger charge is 2.38. The Hall–Kier alpha value is -3.94. The van der Waals surface area contributed by atoms with Crippen molar-refractivity contribution in [3.05, 3.63) is 115 Å². The molecule has 35 heavy (non-hydrogen) atoms. The molecule has 0 saturated heterocycles. The van der Waals surface area contributed by atoms with Crippen LogP contribution in [0.1, 0.15) is 0 Å². The lowest BCUT2D eigenvalue weighted by Gasteiger charge is -2.25. The number of hydrogen-bond donors (Lipinski definition) is 0. The van der Waals surface area contributed by atoms with Crippen LogP contribution in [0.15, 0.2) is 125 Å². The Morgan fingerprint density at radius 3 is 1.43 bits per heavy atom. The van der Waals surface area contributed by atoms with Gasteiger partial charge in [0.1, 0.15) is 0 Å². The van der Waals surface area contributed by atoms with Crippen molar-refractivity contribution in [1.29, 1.82) is 0 Å². The Morgan fingerprint density at radius 2 is 0.886 bits per heavy atom. The lowest BCUT2D eigenvalue weighted by atomic mass is 10.0. The number of benzene rings is 5. The summed E-state index contributed by atoms with van der Waals surface area (Å²) in [4.78, 5) is -0.211. The third-order valence-electron chi connectivity index (χ3n) is 6.24. The molecule has 5 aromatic rings. The van der Waals surface area contributed by atoms with Gasteiger partial charge in [-0.05, 0) is 58.0 Å². The van der Waals surface area contributed by atoms with Crippen LogP contribution in [-0.2, 0) is 20.0 Å². The van der Waals surface area contributed by atoms with E-state index in [0.29, 0.717) is 9.10 Å². The fourth-order valence-corrected chi connectivity index (χ4v) is 8.49. The van der Waals surface area contributed by atoms with Crippen molar-refractivity contribution in [1.82, 2.24) is 0 Å². The Morgan fingerprint density at radius 1 is 0.429 bits per heavy atom. The van der Waals surface area contributed by atoms with Crippen molar-refractivity contribution in [2.24, 2.45) is 0 Å². The van der Waals surface area contributed by atoms with E-state index in [1.54, 1.807) is 54.6 Å². The molecule has 0 atom stereocenters. The zero-order valence-corrected chi connectivity index (χ0v) is 20.0. The highest BCUT2D eigenvalue weighted by atomic mass is 32.3. The molecule has 7 heteroatoms. The third kappa shape index (κ3) is 3.20. The van der Waals surface area contributed by atoms with E-state index in [1.165, 1.54) is 24.3 Å². The van der Waals surface area contributed by atoms with Crippen LogP contribution >= 0.6 is 0 Å². The SMILES string of the molecule is O=S(=O)(c1ccccc1)N(c1ccc2c3c(cccc13)-c1ccccc1-2)S(=O)(=O)c1ccccc1. The first-order valence-electron chi connectivity index (χ1n) is 11.0. The van der Waals surface area contributed by atoms with Crippen LogP contribution in [0.2, 0.25) is 0 Å². The molecular formula is C28H19NO4S2. The van der Waals surface area contributed by atoms with Gasteiger partial charge >= 0.3 is 0 Å². The zero-order chi connectivity index (χ0) is 24.2. The van der Waals surface area contributed by atoms with Crippen LogP contribution < -0.4 is 3.71 Å². The van der Waals surface area contributed by atoms with Crippen molar-refractivity contribution in [3.63, 3.8) is 0 Å². The van der Waals surface area contributed by atoms with Crippen LogP contribution in [-0.4, -0.2) is 16.8 Å². The molecule has 0 bridgehead atoms. The monoisotopic (exact) mass is 497 g/mol. The molecule has 0 amide bonds. The maximum Gasteiger partial charge on any atom is 0.277 e. The predicted molar refractivity (Wildman–Crippen MR) is 138 cm³/mol. The van der Waals surface area contributed by atoms with Gasteiger partial charge in [-0.3, -0.25) is 0 Å². The van der Waals surface area contributed by atoms with E-state index in [9.17, 15) is 16.8 Å². The molecule has 0 fully saturated rings. The van der Waals surface area contributed by atoms with Gasteiger partial charge in [0.2, 0.25) is 0 Å². The lowest BCUT2D eigenvalue weighted by Crippen LogP contribution is -2.37. The molecule has 0 unspecified atom stereocenters. The van der Waals surface area contributed by atoms with Gasteiger partial charge in [-0.1, -0.05) is 84.9 Å². The molecule has 0 aromatic heterocycles.